The van der Waals surface area contributed by atoms with E-state index in [1.54, 1.807) is 0 Å². The van der Waals surface area contributed by atoms with E-state index in [0.717, 1.165) is 16.9 Å². The fourth-order valence-electron chi connectivity index (χ4n) is 2.79. The second-order valence-electron chi connectivity index (χ2n) is 7.62. The van der Waals surface area contributed by atoms with Crippen LogP contribution in [0, 0.1) is 12.8 Å². The molecule has 0 fully saturated rings. The first-order valence-corrected chi connectivity index (χ1v) is 9.87. The van der Waals surface area contributed by atoms with Crippen LogP contribution < -0.4 is 21.1 Å². The monoisotopic (exact) mass is 397 g/mol. The van der Waals surface area contributed by atoms with Gasteiger partial charge in [0.15, 0.2) is 0 Å². The molecule has 4 N–H and O–H groups in total. The van der Waals surface area contributed by atoms with Crippen molar-refractivity contribution in [3.05, 3.63) is 65.2 Å². The average Bonchev–Trinajstić information content (AvgIpc) is 2.70. The first-order valence-electron chi connectivity index (χ1n) is 9.87. The lowest BCUT2D eigenvalue weighted by atomic mass is 10.1. The summed E-state index contributed by atoms with van der Waals surface area (Å²) >= 11 is 0. The van der Waals surface area contributed by atoms with Gasteiger partial charge < -0.3 is 21.1 Å². The van der Waals surface area contributed by atoms with E-state index in [9.17, 15) is 9.59 Å². The standard InChI is InChI=1S/C23H31N3O3/c1-15(2)22(24)23(28)25-13-21(27)26-17(4)19-8-10-20(11-9-19)29-14-18-7-5-6-16(3)12-18/h5-12,15,17,22H,13-14,24H2,1-4H3,(H,25,28)(H,26,27)/t17?,22-/m0/s1. The van der Waals surface area contributed by atoms with Crippen LogP contribution in [-0.2, 0) is 16.2 Å². The summed E-state index contributed by atoms with van der Waals surface area (Å²) in [6.07, 6.45) is 0. The van der Waals surface area contributed by atoms with Crippen molar-refractivity contribution in [2.75, 3.05) is 6.54 Å². The number of aryl methyl sites for hydroxylation is 1. The van der Waals surface area contributed by atoms with E-state index in [0.29, 0.717) is 6.61 Å². The molecule has 0 bridgehead atoms. The Morgan fingerprint density at radius 2 is 1.76 bits per heavy atom. The molecule has 29 heavy (non-hydrogen) atoms. The van der Waals surface area contributed by atoms with Crippen LogP contribution in [0.2, 0.25) is 0 Å². The maximum atomic E-state index is 12.1. The molecule has 2 atom stereocenters. The highest BCUT2D eigenvalue weighted by atomic mass is 16.5. The number of ether oxygens (including phenoxy) is 1. The maximum absolute atomic E-state index is 12.1. The van der Waals surface area contributed by atoms with E-state index in [1.165, 1.54) is 5.56 Å². The Hall–Kier alpha value is -2.86. The van der Waals surface area contributed by atoms with Crippen molar-refractivity contribution in [3.63, 3.8) is 0 Å². The number of benzene rings is 2. The van der Waals surface area contributed by atoms with Gasteiger partial charge in [-0.1, -0.05) is 55.8 Å². The lowest BCUT2D eigenvalue weighted by Gasteiger charge is -2.17. The smallest absolute Gasteiger partial charge is 0.239 e. The van der Waals surface area contributed by atoms with Gasteiger partial charge in [-0.05, 0) is 43.0 Å². The third kappa shape index (κ3) is 7.23. The lowest BCUT2D eigenvalue weighted by Crippen LogP contribution is -2.47. The predicted octanol–water partition coefficient (Wildman–Crippen LogP) is 2.85. The topological polar surface area (TPSA) is 93.5 Å². The summed E-state index contributed by atoms with van der Waals surface area (Å²) in [4.78, 5) is 23.9. The van der Waals surface area contributed by atoms with Gasteiger partial charge >= 0.3 is 0 Å². The van der Waals surface area contributed by atoms with Gasteiger partial charge in [-0.2, -0.15) is 0 Å². The number of nitrogens with two attached hydrogens (primary N) is 1. The van der Waals surface area contributed by atoms with Crippen LogP contribution in [0.4, 0.5) is 0 Å². The van der Waals surface area contributed by atoms with Gasteiger partial charge in [-0.3, -0.25) is 9.59 Å². The zero-order chi connectivity index (χ0) is 21.4. The number of carbonyl (C=O) groups excluding carboxylic acids is 2. The summed E-state index contributed by atoms with van der Waals surface area (Å²) in [7, 11) is 0. The minimum absolute atomic E-state index is 0.0173. The Kier molecular flexibility index (Phi) is 8.21. The van der Waals surface area contributed by atoms with Gasteiger partial charge in [-0.25, -0.2) is 0 Å². The third-order valence-corrected chi connectivity index (χ3v) is 4.69. The van der Waals surface area contributed by atoms with Crippen LogP contribution in [0.3, 0.4) is 0 Å². The minimum Gasteiger partial charge on any atom is -0.489 e. The second-order valence-corrected chi connectivity index (χ2v) is 7.62. The molecule has 0 spiro atoms. The molecular weight excluding hydrogens is 366 g/mol. The Morgan fingerprint density at radius 3 is 2.38 bits per heavy atom. The van der Waals surface area contributed by atoms with Crippen LogP contribution in [0.1, 0.15) is 43.5 Å². The Bertz CT molecular complexity index is 818. The first kappa shape index (κ1) is 22.4. The molecule has 0 aliphatic heterocycles. The summed E-state index contributed by atoms with van der Waals surface area (Å²) in [5.74, 6) is 0.201. The van der Waals surface area contributed by atoms with Crippen LogP contribution in [0.15, 0.2) is 48.5 Å². The van der Waals surface area contributed by atoms with E-state index < -0.39 is 6.04 Å². The average molecular weight is 398 g/mol. The highest BCUT2D eigenvalue weighted by Crippen LogP contribution is 2.19. The molecule has 0 saturated carbocycles. The number of nitrogens with one attached hydrogen (secondary N) is 2. The number of rotatable bonds is 9. The van der Waals surface area contributed by atoms with E-state index in [2.05, 4.69) is 29.7 Å². The van der Waals surface area contributed by atoms with Gasteiger partial charge in [0.05, 0.1) is 18.6 Å². The van der Waals surface area contributed by atoms with E-state index >= 15 is 0 Å². The van der Waals surface area contributed by atoms with Crippen LogP contribution >= 0.6 is 0 Å². The molecule has 6 heteroatoms. The van der Waals surface area contributed by atoms with Crippen LogP contribution in [0.25, 0.3) is 0 Å². The number of carbonyl (C=O) groups is 2. The summed E-state index contributed by atoms with van der Waals surface area (Å²) in [6.45, 7) is 8.08. The van der Waals surface area contributed by atoms with Gasteiger partial charge in [0.2, 0.25) is 11.8 Å². The zero-order valence-corrected chi connectivity index (χ0v) is 17.6. The number of hydrogen-bond acceptors (Lipinski definition) is 4. The third-order valence-electron chi connectivity index (χ3n) is 4.69. The molecule has 2 aromatic rings. The number of amides is 2. The lowest BCUT2D eigenvalue weighted by molar-refractivity contribution is -0.127. The van der Waals surface area contributed by atoms with Crippen LogP contribution in [-0.4, -0.2) is 24.4 Å². The van der Waals surface area contributed by atoms with Crippen molar-refractivity contribution >= 4 is 11.8 Å². The van der Waals surface area contributed by atoms with Gasteiger partial charge in [-0.15, -0.1) is 0 Å². The van der Waals surface area contributed by atoms with Crippen molar-refractivity contribution in [3.8, 4) is 5.75 Å². The summed E-state index contributed by atoms with van der Waals surface area (Å²) in [6, 6.07) is 15.0. The van der Waals surface area contributed by atoms with Crippen LogP contribution in [0.5, 0.6) is 5.75 Å². The predicted molar refractivity (Wildman–Crippen MR) is 114 cm³/mol. The number of hydrogen-bond donors (Lipinski definition) is 3. The van der Waals surface area contributed by atoms with E-state index in [-0.39, 0.29) is 30.3 Å². The minimum atomic E-state index is -0.618. The summed E-state index contributed by atoms with van der Waals surface area (Å²) in [5.41, 5.74) is 9.04. The molecule has 0 aliphatic carbocycles. The Morgan fingerprint density at radius 1 is 1.07 bits per heavy atom. The highest BCUT2D eigenvalue weighted by Gasteiger charge is 2.18. The van der Waals surface area contributed by atoms with Crippen molar-refractivity contribution < 1.29 is 14.3 Å². The van der Waals surface area contributed by atoms with E-state index in [4.69, 9.17) is 10.5 Å². The molecule has 0 radical (unpaired) electrons. The highest BCUT2D eigenvalue weighted by molar-refractivity contribution is 5.87. The molecule has 1 unspecified atom stereocenters. The van der Waals surface area contributed by atoms with Crippen molar-refractivity contribution in [2.45, 2.75) is 46.4 Å². The van der Waals surface area contributed by atoms with E-state index in [1.807, 2.05) is 57.2 Å². The Balaban J connectivity index is 1.81. The maximum Gasteiger partial charge on any atom is 0.239 e. The first-order chi connectivity index (χ1) is 13.8. The van der Waals surface area contributed by atoms with Crippen molar-refractivity contribution in [1.29, 1.82) is 0 Å². The molecule has 2 rings (SSSR count). The quantitative estimate of drug-likeness (QED) is 0.606. The van der Waals surface area contributed by atoms with Crippen molar-refractivity contribution in [2.24, 2.45) is 11.7 Å². The molecule has 2 aromatic carbocycles. The second kappa shape index (κ2) is 10.6. The summed E-state index contributed by atoms with van der Waals surface area (Å²) < 4.78 is 5.82. The largest absolute Gasteiger partial charge is 0.489 e. The zero-order valence-electron chi connectivity index (χ0n) is 17.6. The van der Waals surface area contributed by atoms with Gasteiger partial charge in [0.25, 0.3) is 0 Å². The molecule has 0 heterocycles. The van der Waals surface area contributed by atoms with Gasteiger partial charge in [0.1, 0.15) is 12.4 Å². The molecule has 0 aliphatic rings. The normalized spacial score (nSPS) is 12.9. The summed E-state index contributed by atoms with van der Waals surface area (Å²) in [5, 5.41) is 5.44. The molecule has 0 saturated heterocycles. The SMILES string of the molecule is Cc1cccc(COc2ccc(C(C)NC(=O)CNC(=O)[C@@H](N)C(C)C)cc2)c1. The van der Waals surface area contributed by atoms with Crippen molar-refractivity contribution in [1.82, 2.24) is 10.6 Å². The fourth-order valence-corrected chi connectivity index (χ4v) is 2.79. The molecule has 6 nitrogen and oxygen atoms in total. The van der Waals surface area contributed by atoms with Gasteiger partial charge in [0, 0.05) is 0 Å². The Labute approximate surface area is 172 Å². The molecule has 156 valence electrons. The fraction of sp³-hybridized carbons (Fsp3) is 0.391. The molecule has 2 amide bonds. The molecule has 0 aromatic heterocycles. The molecular formula is C23H31N3O3.